The molecule has 1 aliphatic heterocycles. The molecular weight excluding hydrogens is 236 g/mol. The minimum Gasteiger partial charge on any atom is -0.480 e. The Morgan fingerprint density at radius 2 is 1.94 bits per heavy atom. The second-order valence-corrected chi connectivity index (χ2v) is 5.02. The number of carboxylic acid groups (broad SMARTS) is 1. The number of hydrogen-bond donors (Lipinski definition) is 3. The SMILES string of the molecule is CC(C)C(NC(=O)NC(C)C1CCCO1)C(=O)O. The first-order valence-electron chi connectivity index (χ1n) is 6.33. The molecule has 1 fully saturated rings. The zero-order valence-electron chi connectivity index (χ0n) is 11.1. The zero-order valence-corrected chi connectivity index (χ0v) is 11.1. The molecule has 0 radical (unpaired) electrons. The van der Waals surface area contributed by atoms with E-state index in [4.69, 9.17) is 9.84 Å². The first kappa shape index (κ1) is 14.8. The van der Waals surface area contributed by atoms with Crippen LogP contribution in [0.1, 0.15) is 33.6 Å². The van der Waals surface area contributed by atoms with Gasteiger partial charge in [0.25, 0.3) is 0 Å². The van der Waals surface area contributed by atoms with Crippen LogP contribution in [0.5, 0.6) is 0 Å². The molecule has 1 rings (SSSR count). The molecule has 0 aromatic rings. The van der Waals surface area contributed by atoms with Gasteiger partial charge in [-0.15, -0.1) is 0 Å². The lowest BCUT2D eigenvalue weighted by Crippen LogP contribution is -2.52. The number of amides is 2. The molecule has 0 aromatic carbocycles. The molecule has 6 nitrogen and oxygen atoms in total. The van der Waals surface area contributed by atoms with Crippen LogP contribution < -0.4 is 10.6 Å². The monoisotopic (exact) mass is 258 g/mol. The summed E-state index contributed by atoms with van der Waals surface area (Å²) in [6, 6.07) is -1.45. The highest BCUT2D eigenvalue weighted by molar-refractivity contribution is 5.82. The molecule has 1 saturated heterocycles. The summed E-state index contributed by atoms with van der Waals surface area (Å²) in [5, 5.41) is 14.2. The Labute approximate surface area is 107 Å². The maximum atomic E-state index is 11.7. The molecule has 18 heavy (non-hydrogen) atoms. The van der Waals surface area contributed by atoms with Crippen LogP contribution in [-0.2, 0) is 9.53 Å². The molecule has 104 valence electrons. The van der Waals surface area contributed by atoms with Crippen LogP contribution >= 0.6 is 0 Å². The molecule has 3 atom stereocenters. The van der Waals surface area contributed by atoms with Gasteiger partial charge in [-0.2, -0.15) is 0 Å². The van der Waals surface area contributed by atoms with Gasteiger partial charge in [-0.05, 0) is 25.7 Å². The lowest BCUT2D eigenvalue weighted by molar-refractivity contribution is -0.140. The van der Waals surface area contributed by atoms with Crippen LogP contribution in [0.4, 0.5) is 4.79 Å². The van der Waals surface area contributed by atoms with Crippen LogP contribution in [-0.4, -0.2) is 41.9 Å². The highest BCUT2D eigenvalue weighted by Crippen LogP contribution is 2.15. The Morgan fingerprint density at radius 3 is 2.39 bits per heavy atom. The van der Waals surface area contributed by atoms with Gasteiger partial charge in [-0.1, -0.05) is 13.8 Å². The maximum absolute atomic E-state index is 11.7. The zero-order chi connectivity index (χ0) is 13.7. The highest BCUT2D eigenvalue weighted by Gasteiger charge is 2.27. The molecule has 0 aliphatic carbocycles. The summed E-state index contributed by atoms with van der Waals surface area (Å²) in [5.74, 6) is -1.18. The molecule has 0 saturated carbocycles. The molecule has 0 spiro atoms. The Morgan fingerprint density at radius 1 is 1.28 bits per heavy atom. The van der Waals surface area contributed by atoms with E-state index in [1.807, 2.05) is 6.92 Å². The van der Waals surface area contributed by atoms with Crippen molar-refractivity contribution in [2.75, 3.05) is 6.61 Å². The standard InChI is InChI=1S/C12H22N2O4/c1-7(2)10(11(15)16)14-12(17)13-8(3)9-5-4-6-18-9/h7-10H,4-6H2,1-3H3,(H,15,16)(H2,13,14,17). The summed E-state index contributed by atoms with van der Waals surface area (Å²) in [5.41, 5.74) is 0. The van der Waals surface area contributed by atoms with Gasteiger partial charge in [-0.3, -0.25) is 0 Å². The number of rotatable bonds is 5. The molecule has 1 heterocycles. The fraction of sp³-hybridized carbons (Fsp3) is 0.833. The second kappa shape index (κ2) is 6.58. The van der Waals surface area contributed by atoms with Gasteiger partial charge in [0.15, 0.2) is 0 Å². The predicted octanol–water partition coefficient (Wildman–Crippen LogP) is 0.962. The van der Waals surface area contributed by atoms with Gasteiger partial charge in [-0.25, -0.2) is 9.59 Å². The van der Waals surface area contributed by atoms with E-state index in [0.29, 0.717) is 0 Å². The average Bonchev–Trinajstić information content (AvgIpc) is 2.78. The van der Waals surface area contributed by atoms with Gasteiger partial charge >= 0.3 is 12.0 Å². The number of carbonyl (C=O) groups excluding carboxylic acids is 1. The topological polar surface area (TPSA) is 87.7 Å². The van der Waals surface area contributed by atoms with Gasteiger partial charge in [0.1, 0.15) is 6.04 Å². The van der Waals surface area contributed by atoms with Crippen molar-refractivity contribution in [3.05, 3.63) is 0 Å². The number of nitrogens with one attached hydrogen (secondary N) is 2. The predicted molar refractivity (Wildman–Crippen MR) is 66.4 cm³/mol. The van der Waals surface area contributed by atoms with Crippen molar-refractivity contribution < 1.29 is 19.4 Å². The second-order valence-electron chi connectivity index (χ2n) is 5.02. The van der Waals surface area contributed by atoms with Crippen molar-refractivity contribution in [1.29, 1.82) is 0 Å². The minimum atomic E-state index is -1.02. The molecule has 1 aliphatic rings. The quantitative estimate of drug-likeness (QED) is 0.685. The Bertz CT molecular complexity index is 300. The Hall–Kier alpha value is -1.30. The van der Waals surface area contributed by atoms with Crippen molar-refractivity contribution in [3.8, 4) is 0 Å². The molecule has 3 unspecified atom stereocenters. The van der Waals surface area contributed by atoms with E-state index in [1.54, 1.807) is 13.8 Å². The third-order valence-electron chi connectivity index (χ3n) is 3.10. The Kier molecular flexibility index (Phi) is 5.40. The molecule has 2 amide bonds. The first-order chi connectivity index (χ1) is 8.41. The van der Waals surface area contributed by atoms with Crippen LogP contribution in [0.2, 0.25) is 0 Å². The lowest BCUT2D eigenvalue weighted by atomic mass is 10.1. The first-order valence-corrected chi connectivity index (χ1v) is 6.33. The van der Waals surface area contributed by atoms with Gasteiger partial charge in [0.05, 0.1) is 12.1 Å². The lowest BCUT2D eigenvalue weighted by Gasteiger charge is -2.23. The van der Waals surface area contributed by atoms with E-state index in [-0.39, 0.29) is 18.1 Å². The highest BCUT2D eigenvalue weighted by atomic mass is 16.5. The number of carboxylic acids is 1. The molecule has 6 heteroatoms. The number of carbonyl (C=O) groups is 2. The smallest absolute Gasteiger partial charge is 0.326 e. The molecular formula is C12H22N2O4. The summed E-state index contributed by atoms with van der Waals surface area (Å²) in [6.45, 7) is 6.09. The fourth-order valence-electron chi connectivity index (χ4n) is 1.99. The summed E-state index contributed by atoms with van der Waals surface area (Å²) in [6.07, 6.45) is 1.95. The molecule has 0 bridgehead atoms. The number of ether oxygens (including phenoxy) is 1. The van der Waals surface area contributed by atoms with Crippen LogP contribution in [0, 0.1) is 5.92 Å². The summed E-state index contributed by atoms with van der Waals surface area (Å²) in [4.78, 5) is 22.6. The normalized spacial score (nSPS) is 22.6. The summed E-state index contributed by atoms with van der Waals surface area (Å²) < 4.78 is 5.46. The van der Waals surface area contributed by atoms with E-state index < -0.39 is 18.0 Å². The largest absolute Gasteiger partial charge is 0.480 e. The Balaban J connectivity index is 2.42. The minimum absolute atomic E-state index is 0.0260. The average molecular weight is 258 g/mol. The summed E-state index contributed by atoms with van der Waals surface area (Å²) >= 11 is 0. The fourth-order valence-corrected chi connectivity index (χ4v) is 1.99. The van der Waals surface area contributed by atoms with Gasteiger partial charge in [0.2, 0.25) is 0 Å². The van der Waals surface area contributed by atoms with Crippen LogP contribution in [0.3, 0.4) is 0 Å². The third kappa shape index (κ3) is 4.18. The van der Waals surface area contributed by atoms with Crippen molar-refractivity contribution in [2.24, 2.45) is 5.92 Å². The van der Waals surface area contributed by atoms with Gasteiger partial charge in [0, 0.05) is 6.61 Å². The van der Waals surface area contributed by atoms with E-state index in [2.05, 4.69) is 10.6 Å². The maximum Gasteiger partial charge on any atom is 0.326 e. The summed E-state index contributed by atoms with van der Waals surface area (Å²) in [7, 11) is 0. The van der Waals surface area contributed by atoms with E-state index in [9.17, 15) is 9.59 Å². The van der Waals surface area contributed by atoms with Crippen molar-refractivity contribution in [1.82, 2.24) is 10.6 Å². The van der Waals surface area contributed by atoms with Crippen LogP contribution in [0.15, 0.2) is 0 Å². The van der Waals surface area contributed by atoms with Crippen molar-refractivity contribution in [2.45, 2.75) is 51.8 Å². The third-order valence-corrected chi connectivity index (χ3v) is 3.10. The van der Waals surface area contributed by atoms with E-state index in [0.717, 1.165) is 19.4 Å². The van der Waals surface area contributed by atoms with Crippen molar-refractivity contribution >= 4 is 12.0 Å². The van der Waals surface area contributed by atoms with E-state index in [1.165, 1.54) is 0 Å². The molecule has 3 N–H and O–H groups in total. The molecule has 0 aromatic heterocycles. The number of aliphatic carboxylic acids is 1. The van der Waals surface area contributed by atoms with Crippen molar-refractivity contribution in [3.63, 3.8) is 0 Å². The number of urea groups is 1. The van der Waals surface area contributed by atoms with Gasteiger partial charge < -0.3 is 20.5 Å². The van der Waals surface area contributed by atoms with E-state index >= 15 is 0 Å². The van der Waals surface area contributed by atoms with Crippen LogP contribution in [0.25, 0.3) is 0 Å². The number of hydrogen-bond acceptors (Lipinski definition) is 3.